The summed E-state index contributed by atoms with van der Waals surface area (Å²) < 4.78 is 1.04. The van der Waals surface area contributed by atoms with Crippen molar-refractivity contribution in [3.8, 4) is 0 Å². The second kappa shape index (κ2) is 20.1. The van der Waals surface area contributed by atoms with E-state index in [1.165, 1.54) is 6.42 Å². The van der Waals surface area contributed by atoms with Crippen molar-refractivity contribution in [1.82, 2.24) is 0 Å². The van der Waals surface area contributed by atoms with Gasteiger partial charge in [0, 0.05) is 4.20 Å². The minimum absolute atomic E-state index is 0. The summed E-state index contributed by atoms with van der Waals surface area (Å²) in [5, 5.41) is 0. The first kappa shape index (κ1) is 21.0. The standard InChI is InChI=1S/C6H6.C4H8S2.C3H8.CH4/c1-2-4-6-5-3-1;1-3-6-4(2)5;1-3-2;/h1-6H;3H2,1-2H3;3H2,1-2H3;1H4. The molecule has 0 heterocycles. The van der Waals surface area contributed by atoms with Crippen LogP contribution < -0.4 is 0 Å². The molecule has 1 rings (SSSR count). The number of benzene rings is 1. The van der Waals surface area contributed by atoms with Gasteiger partial charge < -0.3 is 0 Å². The quantitative estimate of drug-likeness (QED) is 0.582. The van der Waals surface area contributed by atoms with Crippen molar-refractivity contribution >= 4 is 28.2 Å². The molecule has 0 aliphatic carbocycles. The zero-order chi connectivity index (χ0) is 11.9. The van der Waals surface area contributed by atoms with E-state index in [1.54, 1.807) is 11.8 Å². The fraction of sp³-hybridized carbons (Fsp3) is 0.500. The highest BCUT2D eigenvalue weighted by molar-refractivity contribution is 8.23. The largest absolute Gasteiger partial charge is 0.120 e. The molecule has 0 radical (unpaired) electrons. The maximum Gasteiger partial charge on any atom is 0.0447 e. The zero-order valence-corrected chi connectivity index (χ0v) is 11.8. The predicted octanol–water partition coefficient (Wildman–Crippen LogP) is 5.83. The molecular formula is C14H26S2. The fourth-order valence-electron chi connectivity index (χ4n) is 0.588. The van der Waals surface area contributed by atoms with Crippen LogP contribution in [0.15, 0.2) is 36.4 Å². The minimum atomic E-state index is 0. The molecule has 1 aromatic rings. The Balaban J connectivity index is -0.000000163. The summed E-state index contributed by atoms with van der Waals surface area (Å²) in [6.07, 6.45) is 1.25. The van der Waals surface area contributed by atoms with Gasteiger partial charge in [0.25, 0.3) is 0 Å². The van der Waals surface area contributed by atoms with Gasteiger partial charge in [0.05, 0.1) is 0 Å². The molecule has 0 saturated heterocycles. The van der Waals surface area contributed by atoms with Crippen LogP contribution in [0.1, 0.15) is 41.5 Å². The van der Waals surface area contributed by atoms with Gasteiger partial charge in [-0.1, -0.05) is 83.2 Å². The van der Waals surface area contributed by atoms with Crippen molar-refractivity contribution in [2.45, 2.75) is 41.5 Å². The Labute approximate surface area is 112 Å². The molecule has 0 fully saturated rings. The Morgan fingerprint density at radius 2 is 1.19 bits per heavy atom. The summed E-state index contributed by atoms with van der Waals surface area (Å²) in [5.74, 6) is 1.11. The SMILES string of the molecule is C.CCC.CCSC(C)=S.c1ccccc1. The van der Waals surface area contributed by atoms with Gasteiger partial charge in [0.15, 0.2) is 0 Å². The molecule has 0 N–H and O–H groups in total. The lowest BCUT2D eigenvalue weighted by Gasteiger charge is -1.84. The monoisotopic (exact) mass is 258 g/mol. The van der Waals surface area contributed by atoms with E-state index < -0.39 is 0 Å². The van der Waals surface area contributed by atoms with Gasteiger partial charge in [-0.3, -0.25) is 0 Å². The van der Waals surface area contributed by atoms with Gasteiger partial charge in [0.1, 0.15) is 0 Å². The van der Waals surface area contributed by atoms with E-state index in [-0.39, 0.29) is 7.43 Å². The van der Waals surface area contributed by atoms with Crippen LogP contribution in [0.4, 0.5) is 0 Å². The molecule has 0 aliphatic heterocycles. The van der Waals surface area contributed by atoms with Gasteiger partial charge in [-0.2, -0.15) is 0 Å². The number of hydrogen-bond donors (Lipinski definition) is 0. The molecular weight excluding hydrogens is 232 g/mol. The Morgan fingerprint density at radius 1 is 0.938 bits per heavy atom. The van der Waals surface area contributed by atoms with E-state index >= 15 is 0 Å². The Bertz CT molecular complexity index is 181. The molecule has 0 unspecified atom stereocenters. The predicted molar refractivity (Wildman–Crippen MR) is 85.5 cm³/mol. The lowest BCUT2D eigenvalue weighted by atomic mass is 10.4. The summed E-state index contributed by atoms with van der Waals surface area (Å²) in [7, 11) is 0. The number of rotatable bonds is 1. The summed E-state index contributed by atoms with van der Waals surface area (Å²) in [5.41, 5.74) is 0. The second-order valence-corrected chi connectivity index (χ2v) is 5.14. The first-order chi connectivity index (χ1) is 7.18. The van der Waals surface area contributed by atoms with E-state index in [1.807, 2.05) is 43.3 Å². The molecule has 2 heteroatoms. The van der Waals surface area contributed by atoms with Crippen LogP contribution in [0.25, 0.3) is 0 Å². The van der Waals surface area contributed by atoms with Gasteiger partial charge in [0.2, 0.25) is 0 Å². The Morgan fingerprint density at radius 3 is 1.25 bits per heavy atom. The third-order valence-corrected chi connectivity index (χ3v) is 2.06. The van der Waals surface area contributed by atoms with E-state index in [9.17, 15) is 0 Å². The normalized spacial score (nSPS) is 7.25. The fourth-order valence-corrected chi connectivity index (χ4v) is 1.35. The van der Waals surface area contributed by atoms with Crippen molar-refractivity contribution in [1.29, 1.82) is 0 Å². The van der Waals surface area contributed by atoms with Crippen LogP contribution in [-0.4, -0.2) is 9.95 Å². The third-order valence-electron chi connectivity index (χ3n) is 1.01. The molecule has 94 valence electrons. The molecule has 16 heavy (non-hydrogen) atoms. The number of thiocarbonyl (C=S) groups is 1. The van der Waals surface area contributed by atoms with E-state index in [2.05, 4.69) is 20.8 Å². The van der Waals surface area contributed by atoms with E-state index in [4.69, 9.17) is 12.2 Å². The van der Waals surface area contributed by atoms with Crippen LogP contribution in [-0.2, 0) is 0 Å². The first-order valence-electron chi connectivity index (χ1n) is 5.32. The van der Waals surface area contributed by atoms with Crippen LogP contribution in [0, 0.1) is 0 Å². The first-order valence-corrected chi connectivity index (χ1v) is 6.71. The molecule has 0 aliphatic rings. The van der Waals surface area contributed by atoms with Crippen LogP contribution in [0.5, 0.6) is 0 Å². The van der Waals surface area contributed by atoms with Crippen molar-refractivity contribution in [2.24, 2.45) is 0 Å². The average molecular weight is 258 g/mol. The number of hydrogen-bond acceptors (Lipinski definition) is 2. The highest BCUT2D eigenvalue weighted by atomic mass is 32.2. The van der Waals surface area contributed by atoms with Crippen molar-refractivity contribution in [3.63, 3.8) is 0 Å². The second-order valence-electron chi connectivity index (χ2n) is 2.79. The topological polar surface area (TPSA) is 0 Å². The Kier molecular flexibility index (Phi) is 26.4. The lowest BCUT2D eigenvalue weighted by Crippen LogP contribution is -1.74. The lowest BCUT2D eigenvalue weighted by molar-refractivity contribution is 1.09. The molecule has 0 saturated carbocycles. The van der Waals surface area contributed by atoms with Gasteiger partial charge in [-0.15, -0.1) is 11.8 Å². The van der Waals surface area contributed by atoms with Gasteiger partial charge >= 0.3 is 0 Å². The van der Waals surface area contributed by atoms with Crippen molar-refractivity contribution < 1.29 is 0 Å². The molecule has 0 spiro atoms. The summed E-state index contributed by atoms with van der Waals surface area (Å²) in [4.78, 5) is 0. The maximum atomic E-state index is 4.76. The molecule has 0 atom stereocenters. The third kappa shape index (κ3) is 29.2. The van der Waals surface area contributed by atoms with E-state index in [0.717, 1.165) is 9.95 Å². The average Bonchev–Trinajstić information content (AvgIpc) is 2.22. The molecule has 1 aromatic carbocycles. The van der Waals surface area contributed by atoms with Gasteiger partial charge in [-0.05, 0) is 12.7 Å². The van der Waals surface area contributed by atoms with Crippen LogP contribution >= 0.6 is 24.0 Å². The summed E-state index contributed by atoms with van der Waals surface area (Å²) in [6.45, 7) is 8.30. The van der Waals surface area contributed by atoms with Crippen molar-refractivity contribution in [2.75, 3.05) is 5.75 Å². The van der Waals surface area contributed by atoms with Crippen LogP contribution in [0.2, 0.25) is 0 Å². The zero-order valence-electron chi connectivity index (χ0n) is 10.2. The van der Waals surface area contributed by atoms with Crippen LogP contribution in [0.3, 0.4) is 0 Å². The van der Waals surface area contributed by atoms with Crippen molar-refractivity contribution in [3.05, 3.63) is 36.4 Å². The maximum absolute atomic E-state index is 4.76. The summed E-state index contributed by atoms with van der Waals surface area (Å²) >= 11 is 6.48. The molecule has 0 nitrogen and oxygen atoms in total. The minimum Gasteiger partial charge on any atom is -0.120 e. The highest BCUT2D eigenvalue weighted by Crippen LogP contribution is 1.99. The summed E-state index contributed by atoms with van der Waals surface area (Å²) in [6, 6.07) is 12.0. The molecule has 0 aromatic heterocycles. The molecule has 0 amide bonds. The Hall–Kier alpha value is -0.340. The highest BCUT2D eigenvalue weighted by Gasteiger charge is 1.78. The van der Waals surface area contributed by atoms with Gasteiger partial charge in [-0.25, -0.2) is 0 Å². The van der Waals surface area contributed by atoms with E-state index in [0.29, 0.717) is 0 Å². The molecule has 0 bridgehead atoms. The number of thioether (sulfide) groups is 1. The smallest absolute Gasteiger partial charge is 0.0447 e.